The monoisotopic (exact) mass is 263 g/mol. The second-order valence-electron chi connectivity index (χ2n) is 5.83. The molecule has 0 amide bonds. The van der Waals surface area contributed by atoms with Gasteiger partial charge >= 0.3 is 0 Å². The fourth-order valence-corrected chi connectivity index (χ4v) is 4.75. The van der Waals surface area contributed by atoms with Gasteiger partial charge in [0.2, 0.25) is 0 Å². The zero-order valence-electron chi connectivity index (χ0n) is 10.6. The number of ether oxygens (including phenoxy) is 1. The van der Waals surface area contributed by atoms with Gasteiger partial charge in [0.05, 0.1) is 35.4 Å². The summed E-state index contributed by atoms with van der Waals surface area (Å²) in [4.78, 5) is 2.06. The highest BCUT2D eigenvalue weighted by atomic mass is 32.2. The van der Waals surface area contributed by atoms with Crippen LogP contribution in [0.15, 0.2) is 0 Å². The van der Waals surface area contributed by atoms with Crippen LogP contribution in [0.5, 0.6) is 0 Å². The van der Waals surface area contributed by atoms with Crippen molar-refractivity contribution in [2.24, 2.45) is 0 Å². The summed E-state index contributed by atoms with van der Waals surface area (Å²) in [5, 5.41) is 9.87. The van der Waals surface area contributed by atoms with Crippen molar-refractivity contribution >= 4 is 9.84 Å². The van der Waals surface area contributed by atoms with Crippen LogP contribution in [0.3, 0.4) is 0 Å². The van der Waals surface area contributed by atoms with Gasteiger partial charge in [-0.2, -0.15) is 0 Å². The van der Waals surface area contributed by atoms with Crippen molar-refractivity contribution in [2.45, 2.75) is 44.6 Å². The molecule has 2 saturated heterocycles. The maximum Gasteiger partial charge on any atom is 0.154 e. The van der Waals surface area contributed by atoms with E-state index >= 15 is 0 Å². The molecular weight excluding hydrogens is 242 g/mol. The summed E-state index contributed by atoms with van der Waals surface area (Å²) in [5.41, 5.74) is -0.288. The van der Waals surface area contributed by atoms with Crippen molar-refractivity contribution in [1.82, 2.24) is 4.90 Å². The fourth-order valence-electron chi connectivity index (χ4n) is 2.91. The minimum absolute atomic E-state index is 0.0641. The quantitative estimate of drug-likeness (QED) is 0.700. The second kappa shape index (κ2) is 4.19. The molecule has 0 aromatic heterocycles. The Morgan fingerprint density at radius 2 is 2.00 bits per heavy atom. The van der Waals surface area contributed by atoms with Crippen molar-refractivity contribution in [2.75, 3.05) is 24.6 Å². The number of rotatable bonds is 1. The molecule has 2 rings (SSSR count). The normalized spacial score (nSPS) is 41.5. The molecule has 2 aliphatic heterocycles. The van der Waals surface area contributed by atoms with E-state index in [1.807, 2.05) is 20.8 Å². The van der Waals surface area contributed by atoms with Gasteiger partial charge in [0.25, 0.3) is 0 Å². The number of hydrogen-bond donors (Lipinski definition) is 1. The lowest BCUT2D eigenvalue weighted by atomic mass is 10.0. The zero-order valence-corrected chi connectivity index (χ0v) is 11.4. The number of nitrogens with zero attached hydrogens (tertiary/aromatic N) is 1. The van der Waals surface area contributed by atoms with Gasteiger partial charge in [-0.05, 0) is 20.8 Å². The summed E-state index contributed by atoms with van der Waals surface area (Å²) in [6.45, 7) is 7.30. The van der Waals surface area contributed by atoms with E-state index in [-0.39, 0.29) is 29.3 Å². The molecule has 0 bridgehead atoms. The van der Waals surface area contributed by atoms with Crippen molar-refractivity contribution in [3.63, 3.8) is 0 Å². The third kappa shape index (κ3) is 2.99. The Morgan fingerprint density at radius 3 is 2.47 bits per heavy atom. The van der Waals surface area contributed by atoms with E-state index in [0.29, 0.717) is 13.1 Å². The number of aliphatic hydroxyl groups excluding tert-OH is 1. The average molecular weight is 263 g/mol. The van der Waals surface area contributed by atoms with Crippen molar-refractivity contribution in [1.29, 1.82) is 0 Å². The first-order valence-corrected chi connectivity index (χ1v) is 7.81. The zero-order chi connectivity index (χ0) is 12.8. The summed E-state index contributed by atoms with van der Waals surface area (Å²) < 4.78 is 28.8. The largest absolute Gasteiger partial charge is 0.390 e. The summed E-state index contributed by atoms with van der Waals surface area (Å²) in [6.07, 6.45) is -0.699. The molecule has 1 N–H and O–H groups in total. The maximum absolute atomic E-state index is 11.5. The number of hydrogen-bond acceptors (Lipinski definition) is 5. The van der Waals surface area contributed by atoms with Crippen molar-refractivity contribution in [3.05, 3.63) is 0 Å². The molecular formula is C11H21NO4S. The molecule has 2 heterocycles. The molecule has 2 fully saturated rings. The van der Waals surface area contributed by atoms with Crippen LogP contribution in [-0.2, 0) is 14.6 Å². The van der Waals surface area contributed by atoms with Gasteiger partial charge in [0.15, 0.2) is 9.84 Å². The van der Waals surface area contributed by atoms with Gasteiger partial charge in [-0.3, -0.25) is 4.90 Å². The van der Waals surface area contributed by atoms with Crippen LogP contribution in [0.25, 0.3) is 0 Å². The number of morpholine rings is 1. The Kier molecular flexibility index (Phi) is 3.27. The first-order valence-electron chi connectivity index (χ1n) is 5.99. The first kappa shape index (κ1) is 13.3. The lowest BCUT2D eigenvalue weighted by molar-refractivity contribution is -0.142. The highest BCUT2D eigenvalue weighted by Gasteiger charge is 2.43. The molecule has 5 nitrogen and oxygen atoms in total. The highest BCUT2D eigenvalue weighted by Crippen LogP contribution is 2.26. The lowest BCUT2D eigenvalue weighted by Crippen LogP contribution is -2.57. The third-order valence-electron chi connectivity index (χ3n) is 3.36. The Morgan fingerprint density at radius 1 is 1.35 bits per heavy atom. The minimum atomic E-state index is -3.08. The Bertz CT molecular complexity index is 392. The highest BCUT2D eigenvalue weighted by molar-refractivity contribution is 7.91. The van der Waals surface area contributed by atoms with Crippen molar-refractivity contribution in [3.8, 4) is 0 Å². The summed E-state index contributed by atoms with van der Waals surface area (Å²) in [5.74, 6) is -0.0409. The molecule has 0 spiro atoms. The maximum atomic E-state index is 11.5. The topological polar surface area (TPSA) is 66.8 Å². The lowest BCUT2D eigenvalue weighted by Gasteiger charge is -2.44. The third-order valence-corrected chi connectivity index (χ3v) is 5.06. The smallest absolute Gasteiger partial charge is 0.154 e. The molecule has 6 heteroatoms. The summed E-state index contributed by atoms with van der Waals surface area (Å²) in [6, 6.07) is -0.273. The molecule has 3 unspecified atom stereocenters. The molecule has 0 aliphatic carbocycles. The first-order chi connectivity index (χ1) is 7.69. The van der Waals surface area contributed by atoms with E-state index in [1.54, 1.807) is 0 Å². The van der Waals surface area contributed by atoms with Crippen LogP contribution >= 0.6 is 0 Å². The molecule has 3 atom stereocenters. The number of aliphatic hydroxyl groups is 1. The molecule has 0 aromatic rings. The predicted octanol–water partition coefficient (Wildman–Crippen LogP) is -0.356. The average Bonchev–Trinajstić information content (AvgIpc) is 2.36. The van der Waals surface area contributed by atoms with Gasteiger partial charge in [0.1, 0.15) is 0 Å². The molecule has 2 aliphatic rings. The van der Waals surface area contributed by atoms with E-state index < -0.39 is 15.9 Å². The molecule has 0 aromatic carbocycles. The minimum Gasteiger partial charge on any atom is -0.390 e. The predicted molar refractivity (Wildman–Crippen MR) is 64.6 cm³/mol. The van der Waals surface area contributed by atoms with E-state index in [4.69, 9.17) is 4.74 Å². The Balaban J connectivity index is 2.12. The van der Waals surface area contributed by atoms with Gasteiger partial charge in [-0.15, -0.1) is 0 Å². The number of sulfone groups is 1. The van der Waals surface area contributed by atoms with Gasteiger partial charge in [-0.1, -0.05) is 0 Å². The summed E-state index contributed by atoms with van der Waals surface area (Å²) in [7, 11) is -3.08. The van der Waals surface area contributed by atoms with Crippen LogP contribution in [0.4, 0.5) is 0 Å². The van der Waals surface area contributed by atoms with Gasteiger partial charge < -0.3 is 9.84 Å². The molecule has 0 saturated carbocycles. The van der Waals surface area contributed by atoms with Crippen LogP contribution in [0.1, 0.15) is 20.8 Å². The van der Waals surface area contributed by atoms with Crippen LogP contribution in [-0.4, -0.2) is 66.9 Å². The standard InChI is InChI=1S/C11H21NO4S/c1-8-4-12(7-11(2,3)16-8)9-5-17(14,15)6-10(9)13/h8-10,13H,4-7H2,1-3H3. The van der Waals surface area contributed by atoms with Crippen LogP contribution < -0.4 is 0 Å². The SMILES string of the molecule is CC1CN(C2CS(=O)(=O)CC2O)CC(C)(C)O1. The molecule has 0 radical (unpaired) electrons. The van der Waals surface area contributed by atoms with Gasteiger partial charge in [-0.25, -0.2) is 8.42 Å². The van der Waals surface area contributed by atoms with Crippen LogP contribution in [0.2, 0.25) is 0 Å². The summed E-state index contributed by atoms with van der Waals surface area (Å²) >= 11 is 0. The van der Waals surface area contributed by atoms with E-state index in [9.17, 15) is 13.5 Å². The second-order valence-corrected chi connectivity index (χ2v) is 7.98. The van der Waals surface area contributed by atoms with Gasteiger partial charge in [0, 0.05) is 13.1 Å². The van der Waals surface area contributed by atoms with Crippen LogP contribution in [0, 0.1) is 0 Å². The van der Waals surface area contributed by atoms with E-state index in [2.05, 4.69) is 4.90 Å². The van der Waals surface area contributed by atoms with E-state index in [0.717, 1.165) is 0 Å². The van der Waals surface area contributed by atoms with E-state index in [1.165, 1.54) is 0 Å². The molecule has 17 heavy (non-hydrogen) atoms. The Labute approximate surface area is 103 Å². The molecule has 100 valence electrons. The van der Waals surface area contributed by atoms with Crippen molar-refractivity contribution < 1.29 is 18.3 Å². The Hall–Kier alpha value is -0.170. The fraction of sp³-hybridized carbons (Fsp3) is 1.00.